The fourth-order valence-corrected chi connectivity index (χ4v) is 1.22. The van der Waals surface area contributed by atoms with Crippen molar-refractivity contribution >= 4 is 5.95 Å². The predicted molar refractivity (Wildman–Crippen MR) is 52.5 cm³/mol. The molecule has 0 unspecified atom stereocenters. The van der Waals surface area contributed by atoms with E-state index in [1.807, 2.05) is 6.92 Å². The van der Waals surface area contributed by atoms with Gasteiger partial charge in [-0.1, -0.05) is 0 Å². The zero-order chi connectivity index (χ0) is 9.97. The summed E-state index contributed by atoms with van der Waals surface area (Å²) in [5.74, 6) is 1.98. The molecule has 1 saturated carbocycles. The van der Waals surface area contributed by atoms with Crippen molar-refractivity contribution in [1.29, 1.82) is 0 Å². The molecule has 1 aliphatic rings. The van der Waals surface area contributed by atoms with E-state index in [1.165, 1.54) is 12.8 Å². The zero-order valence-corrected chi connectivity index (χ0v) is 8.45. The average molecular weight is 194 g/mol. The van der Waals surface area contributed by atoms with Crippen LogP contribution < -0.4 is 10.1 Å². The normalized spacial score (nSPS) is 15.3. The Labute approximate surface area is 82.9 Å². The van der Waals surface area contributed by atoms with Gasteiger partial charge in [-0.15, -0.1) is 0 Å². The van der Waals surface area contributed by atoms with Gasteiger partial charge in [-0.25, -0.2) is 0 Å². The van der Waals surface area contributed by atoms with Crippen molar-refractivity contribution in [2.75, 3.05) is 19.0 Å². The van der Waals surface area contributed by atoms with Crippen LogP contribution >= 0.6 is 0 Å². The summed E-state index contributed by atoms with van der Waals surface area (Å²) < 4.78 is 5.02. The lowest BCUT2D eigenvalue weighted by molar-refractivity contribution is 0.376. The fourth-order valence-electron chi connectivity index (χ4n) is 1.22. The first kappa shape index (κ1) is 9.18. The Hall–Kier alpha value is -1.39. The van der Waals surface area contributed by atoms with Crippen LogP contribution in [0.3, 0.4) is 0 Å². The number of nitrogens with zero attached hydrogens (tertiary/aromatic N) is 3. The largest absolute Gasteiger partial charge is 0.467 e. The molecule has 14 heavy (non-hydrogen) atoms. The van der Waals surface area contributed by atoms with Crippen molar-refractivity contribution in [3.8, 4) is 6.01 Å². The predicted octanol–water partition coefficient (Wildman–Crippen LogP) is 1.19. The molecule has 5 nitrogen and oxygen atoms in total. The van der Waals surface area contributed by atoms with Crippen molar-refractivity contribution in [3.05, 3.63) is 5.82 Å². The van der Waals surface area contributed by atoms with Crippen molar-refractivity contribution in [2.45, 2.75) is 25.7 Å². The average Bonchev–Trinajstić information content (AvgIpc) is 3.01. The number of ether oxygens (including phenoxy) is 1. The van der Waals surface area contributed by atoms with E-state index in [9.17, 15) is 0 Å². The summed E-state index contributed by atoms with van der Waals surface area (Å²) in [7, 11) is 1.57. The molecule has 0 radical (unpaired) electrons. The molecular formula is C9H14N4O. The quantitative estimate of drug-likeness (QED) is 0.780. The molecule has 1 fully saturated rings. The van der Waals surface area contributed by atoms with Crippen molar-refractivity contribution in [3.63, 3.8) is 0 Å². The summed E-state index contributed by atoms with van der Waals surface area (Å²) in [5.41, 5.74) is 0. The van der Waals surface area contributed by atoms with Gasteiger partial charge in [0.1, 0.15) is 5.82 Å². The lowest BCUT2D eigenvalue weighted by Gasteiger charge is -2.05. The summed E-state index contributed by atoms with van der Waals surface area (Å²) >= 11 is 0. The second-order valence-corrected chi connectivity index (χ2v) is 3.31. The second-order valence-electron chi connectivity index (χ2n) is 3.31. The van der Waals surface area contributed by atoms with Crippen LogP contribution in [0.1, 0.15) is 31.5 Å². The Morgan fingerprint density at radius 3 is 2.71 bits per heavy atom. The third-order valence-corrected chi connectivity index (χ3v) is 2.09. The molecule has 0 aromatic carbocycles. The monoisotopic (exact) mass is 194 g/mol. The minimum Gasteiger partial charge on any atom is -0.467 e. The van der Waals surface area contributed by atoms with Gasteiger partial charge in [0, 0.05) is 12.5 Å². The van der Waals surface area contributed by atoms with Crippen molar-refractivity contribution in [2.24, 2.45) is 0 Å². The minimum atomic E-state index is 0.401. The van der Waals surface area contributed by atoms with E-state index in [0.717, 1.165) is 12.4 Å². The Morgan fingerprint density at radius 1 is 1.36 bits per heavy atom. The maximum atomic E-state index is 5.02. The Bertz CT molecular complexity index is 325. The molecule has 1 N–H and O–H groups in total. The second kappa shape index (κ2) is 3.77. The molecule has 1 heterocycles. The Morgan fingerprint density at radius 2 is 2.14 bits per heavy atom. The molecule has 1 aromatic heterocycles. The number of anilines is 1. The van der Waals surface area contributed by atoms with E-state index < -0.39 is 0 Å². The topological polar surface area (TPSA) is 59.9 Å². The van der Waals surface area contributed by atoms with Crippen molar-refractivity contribution in [1.82, 2.24) is 15.0 Å². The standard InChI is InChI=1S/C9H14N4O/c1-3-10-8-11-7(6-4-5-6)12-9(13-8)14-2/h6H,3-5H2,1-2H3,(H,10,11,12,13). The van der Waals surface area contributed by atoms with Gasteiger partial charge < -0.3 is 10.1 Å². The minimum absolute atomic E-state index is 0.401. The van der Waals surface area contributed by atoms with Gasteiger partial charge in [0.25, 0.3) is 0 Å². The summed E-state index contributed by atoms with van der Waals surface area (Å²) in [5, 5.41) is 3.06. The van der Waals surface area contributed by atoms with Crippen molar-refractivity contribution < 1.29 is 4.74 Å². The molecular weight excluding hydrogens is 180 g/mol. The molecule has 0 atom stereocenters. The van der Waals surface area contributed by atoms with Crippen LogP contribution in [0.15, 0.2) is 0 Å². The zero-order valence-electron chi connectivity index (χ0n) is 8.45. The highest BCUT2D eigenvalue weighted by Crippen LogP contribution is 2.38. The lowest BCUT2D eigenvalue weighted by Crippen LogP contribution is -2.07. The third-order valence-electron chi connectivity index (χ3n) is 2.09. The Balaban J connectivity index is 2.26. The molecule has 1 aromatic rings. The number of methoxy groups -OCH3 is 1. The van der Waals surface area contributed by atoms with Gasteiger partial charge in [0.2, 0.25) is 5.95 Å². The summed E-state index contributed by atoms with van der Waals surface area (Å²) in [6.45, 7) is 2.81. The first-order valence-electron chi connectivity index (χ1n) is 4.87. The molecule has 1 aliphatic carbocycles. The number of hydrogen-bond acceptors (Lipinski definition) is 5. The number of nitrogens with one attached hydrogen (secondary N) is 1. The molecule has 0 aliphatic heterocycles. The van der Waals surface area contributed by atoms with Gasteiger partial charge in [-0.05, 0) is 19.8 Å². The number of hydrogen-bond donors (Lipinski definition) is 1. The first-order chi connectivity index (χ1) is 6.83. The maximum Gasteiger partial charge on any atom is 0.321 e. The van der Waals surface area contributed by atoms with Gasteiger partial charge in [-0.3, -0.25) is 0 Å². The molecule has 2 rings (SSSR count). The maximum absolute atomic E-state index is 5.02. The number of rotatable bonds is 4. The van der Waals surface area contributed by atoms with Crippen LogP contribution in [-0.2, 0) is 0 Å². The molecule has 0 amide bonds. The van der Waals surface area contributed by atoms with Crippen LogP contribution in [0.25, 0.3) is 0 Å². The smallest absolute Gasteiger partial charge is 0.321 e. The molecule has 76 valence electrons. The van der Waals surface area contributed by atoms with E-state index in [2.05, 4.69) is 20.3 Å². The van der Waals surface area contributed by atoms with Crippen LogP contribution in [0.4, 0.5) is 5.95 Å². The summed E-state index contributed by atoms with van der Waals surface area (Å²) in [4.78, 5) is 12.6. The van der Waals surface area contributed by atoms with Crippen LogP contribution in [0, 0.1) is 0 Å². The highest BCUT2D eigenvalue weighted by Gasteiger charge is 2.27. The van der Waals surface area contributed by atoms with Gasteiger partial charge >= 0.3 is 6.01 Å². The number of aromatic nitrogens is 3. The van der Waals surface area contributed by atoms with Crippen LogP contribution in [-0.4, -0.2) is 28.6 Å². The van der Waals surface area contributed by atoms with E-state index in [0.29, 0.717) is 17.9 Å². The fraction of sp³-hybridized carbons (Fsp3) is 0.667. The van der Waals surface area contributed by atoms with E-state index >= 15 is 0 Å². The van der Waals surface area contributed by atoms with Gasteiger partial charge in [-0.2, -0.15) is 15.0 Å². The van der Waals surface area contributed by atoms with E-state index in [4.69, 9.17) is 4.74 Å². The SMILES string of the molecule is CCNc1nc(OC)nc(C2CC2)n1. The van der Waals surface area contributed by atoms with Crippen LogP contribution in [0.5, 0.6) is 6.01 Å². The molecule has 0 spiro atoms. The van der Waals surface area contributed by atoms with Gasteiger partial charge in [0.15, 0.2) is 0 Å². The van der Waals surface area contributed by atoms with Gasteiger partial charge in [0.05, 0.1) is 7.11 Å². The van der Waals surface area contributed by atoms with E-state index in [-0.39, 0.29) is 0 Å². The molecule has 0 bridgehead atoms. The Kier molecular flexibility index (Phi) is 2.47. The molecule has 5 heteroatoms. The third kappa shape index (κ3) is 1.92. The molecule has 0 saturated heterocycles. The highest BCUT2D eigenvalue weighted by molar-refractivity contribution is 5.27. The van der Waals surface area contributed by atoms with Crippen LogP contribution in [0.2, 0.25) is 0 Å². The summed E-state index contributed by atoms with van der Waals surface area (Å²) in [6.07, 6.45) is 2.36. The lowest BCUT2D eigenvalue weighted by atomic mass is 10.4. The van der Waals surface area contributed by atoms with E-state index in [1.54, 1.807) is 7.11 Å². The summed E-state index contributed by atoms with van der Waals surface area (Å²) in [6, 6.07) is 0.401. The highest BCUT2D eigenvalue weighted by atomic mass is 16.5. The first-order valence-corrected chi connectivity index (χ1v) is 4.87.